The van der Waals surface area contributed by atoms with Gasteiger partial charge in [-0.05, 0) is 61.4 Å². The molecule has 24 heavy (non-hydrogen) atoms. The Bertz CT molecular complexity index is 791. The van der Waals surface area contributed by atoms with E-state index >= 15 is 0 Å². The van der Waals surface area contributed by atoms with Crippen LogP contribution in [0.4, 0.5) is 0 Å². The maximum atomic E-state index is 8.73. The van der Waals surface area contributed by atoms with Crippen LogP contribution in [0.15, 0.2) is 48.5 Å². The van der Waals surface area contributed by atoms with E-state index in [0.717, 1.165) is 36.8 Å². The van der Waals surface area contributed by atoms with Gasteiger partial charge in [0.15, 0.2) is 0 Å². The fraction of sp³-hybridized carbons (Fsp3) is 0.182. The molecule has 0 aliphatic carbocycles. The summed E-state index contributed by atoms with van der Waals surface area (Å²) in [5, 5.41) is 17.5. The van der Waals surface area contributed by atoms with Crippen LogP contribution in [0.25, 0.3) is 0 Å². The monoisotopic (exact) mass is 308 g/mol. The van der Waals surface area contributed by atoms with Gasteiger partial charge < -0.3 is 0 Å². The molecule has 0 N–H and O–H groups in total. The largest absolute Gasteiger partial charge is 0.192 e. The van der Waals surface area contributed by atoms with Crippen molar-refractivity contribution in [2.24, 2.45) is 0 Å². The SMILES string of the molecule is N#Cc1ccc(C#CCCCCC#Cc2ccc(C#N)cc2)cc1. The van der Waals surface area contributed by atoms with Crippen LogP contribution < -0.4 is 0 Å². The van der Waals surface area contributed by atoms with Crippen molar-refractivity contribution in [1.82, 2.24) is 0 Å². The minimum atomic E-state index is 0.654. The molecule has 0 fully saturated rings. The van der Waals surface area contributed by atoms with Gasteiger partial charge in [-0.25, -0.2) is 0 Å². The molecular formula is C22H16N2. The first-order chi connectivity index (χ1) is 11.8. The average molecular weight is 308 g/mol. The molecule has 0 spiro atoms. The summed E-state index contributed by atoms with van der Waals surface area (Å²) in [7, 11) is 0. The molecule has 0 atom stereocenters. The average Bonchev–Trinajstić information content (AvgIpc) is 2.65. The number of unbranched alkanes of at least 4 members (excludes halogenated alkanes) is 3. The van der Waals surface area contributed by atoms with E-state index in [9.17, 15) is 0 Å². The van der Waals surface area contributed by atoms with Crippen LogP contribution in [0.5, 0.6) is 0 Å². The van der Waals surface area contributed by atoms with Crippen molar-refractivity contribution in [3.63, 3.8) is 0 Å². The summed E-state index contributed by atoms with van der Waals surface area (Å²) in [4.78, 5) is 0. The molecule has 2 nitrogen and oxygen atoms in total. The van der Waals surface area contributed by atoms with Crippen LogP contribution in [0.3, 0.4) is 0 Å². The van der Waals surface area contributed by atoms with Crippen LogP contribution in [-0.4, -0.2) is 0 Å². The highest BCUT2D eigenvalue weighted by Crippen LogP contribution is 2.04. The van der Waals surface area contributed by atoms with Crippen LogP contribution >= 0.6 is 0 Å². The fourth-order valence-electron chi connectivity index (χ4n) is 2.01. The number of rotatable bonds is 3. The summed E-state index contributed by atoms with van der Waals surface area (Å²) in [6.45, 7) is 0. The molecular weight excluding hydrogens is 292 g/mol. The number of hydrogen-bond donors (Lipinski definition) is 0. The number of nitrogens with zero attached hydrogens (tertiary/aromatic N) is 2. The second-order valence-corrected chi connectivity index (χ2v) is 5.19. The lowest BCUT2D eigenvalue weighted by molar-refractivity contribution is 0.782. The molecule has 2 aromatic carbocycles. The Balaban J connectivity index is 1.68. The predicted molar refractivity (Wildman–Crippen MR) is 94.5 cm³/mol. The molecule has 0 saturated heterocycles. The van der Waals surface area contributed by atoms with Crippen molar-refractivity contribution >= 4 is 0 Å². The van der Waals surface area contributed by atoms with Crippen LogP contribution in [0.2, 0.25) is 0 Å². The lowest BCUT2D eigenvalue weighted by Gasteiger charge is -1.92. The summed E-state index contributed by atoms with van der Waals surface area (Å²) in [6.07, 6.45) is 3.73. The highest BCUT2D eigenvalue weighted by Gasteiger charge is 1.90. The normalized spacial score (nSPS) is 8.75. The molecule has 0 saturated carbocycles. The van der Waals surface area contributed by atoms with Gasteiger partial charge in [0.05, 0.1) is 23.3 Å². The quantitative estimate of drug-likeness (QED) is 0.623. The molecule has 0 amide bonds. The van der Waals surface area contributed by atoms with Crippen molar-refractivity contribution in [2.45, 2.75) is 25.7 Å². The van der Waals surface area contributed by atoms with Crippen molar-refractivity contribution in [3.05, 3.63) is 70.8 Å². The van der Waals surface area contributed by atoms with Gasteiger partial charge in [0, 0.05) is 24.0 Å². The third kappa shape index (κ3) is 5.73. The number of nitriles is 2. The Labute approximate surface area is 143 Å². The van der Waals surface area contributed by atoms with Crippen molar-refractivity contribution < 1.29 is 0 Å². The van der Waals surface area contributed by atoms with Gasteiger partial charge in [-0.3, -0.25) is 0 Å². The van der Waals surface area contributed by atoms with Gasteiger partial charge in [0.1, 0.15) is 0 Å². The van der Waals surface area contributed by atoms with E-state index in [4.69, 9.17) is 10.5 Å². The minimum Gasteiger partial charge on any atom is -0.192 e. The van der Waals surface area contributed by atoms with E-state index in [1.807, 2.05) is 24.3 Å². The third-order valence-corrected chi connectivity index (χ3v) is 3.35. The first kappa shape index (κ1) is 16.9. The fourth-order valence-corrected chi connectivity index (χ4v) is 2.01. The Hall–Kier alpha value is -3.46. The molecule has 2 rings (SSSR count). The van der Waals surface area contributed by atoms with E-state index < -0.39 is 0 Å². The number of benzene rings is 2. The molecule has 0 unspecified atom stereocenters. The van der Waals surface area contributed by atoms with Crippen LogP contribution in [-0.2, 0) is 0 Å². The third-order valence-electron chi connectivity index (χ3n) is 3.35. The Morgan fingerprint density at radius 2 is 0.875 bits per heavy atom. The van der Waals surface area contributed by atoms with Crippen LogP contribution in [0.1, 0.15) is 47.9 Å². The zero-order chi connectivity index (χ0) is 17.0. The summed E-state index contributed by atoms with van der Waals surface area (Å²) in [6, 6.07) is 18.8. The molecule has 0 radical (unpaired) electrons. The predicted octanol–water partition coefficient (Wildman–Crippen LogP) is 4.39. The Kier molecular flexibility index (Phi) is 6.72. The van der Waals surface area contributed by atoms with E-state index in [0.29, 0.717) is 11.1 Å². The molecule has 0 aliphatic rings. The highest BCUT2D eigenvalue weighted by molar-refractivity contribution is 5.40. The molecule has 0 heterocycles. The number of hydrogen-bond acceptors (Lipinski definition) is 2. The minimum absolute atomic E-state index is 0.654. The van der Waals surface area contributed by atoms with Crippen LogP contribution in [0, 0.1) is 46.3 Å². The lowest BCUT2D eigenvalue weighted by atomic mass is 10.1. The molecule has 0 bridgehead atoms. The highest BCUT2D eigenvalue weighted by atomic mass is 14.2. The zero-order valence-electron chi connectivity index (χ0n) is 13.3. The zero-order valence-corrected chi connectivity index (χ0v) is 13.3. The first-order valence-corrected chi connectivity index (χ1v) is 7.80. The van der Waals surface area contributed by atoms with E-state index in [-0.39, 0.29) is 0 Å². The second kappa shape index (κ2) is 9.54. The topological polar surface area (TPSA) is 47.6 Å². The van der Waals surface area contributed by atoms with Crippen molar-refractivity contribution in [3.8, 4) is 35.8 Å². The van der Waals surface area contributed by atoms with Gasteiger partial charge in [0.25, 0.3) is 0 Å². The maximum Gasteiger partial charge on any atom is 0.0991 e. The van der Waals surface area contributed by atoms with E-state index in [1.165, 1.54) is 0 Å². The Morgan fingerprint density at radius 3 is 1.21 bits per heavy atom. The second-order valence-electron chi connectivity index (χ2n) is 5.19. The van der Waals surface area contributed by atoms with Gasteiger partial charge in [-0.1, -0.05) is 23.7 Å². The first-order valence-electron chi connectivity index (χ1n) is 7.80. The van der Waals surface area contributed by atoms with Crippen molar-refractivity contribution in [1.29, 1.82) is 10.5 Å². The van der Waals surface area contributed by atoms with E-state index in [2.05, 4.69) is 35.8 Å². The van der Waals surface area contributed by atoms with E-state index in [1.54, 1.807) is 24.3 Å². The molecule has 0 aliphatic heterocycles. The molecule has 2 aromatic rings. The summed E-state index contributed by atoms with van der Waals surface area (Å²) >= 11 is 0. The smallest absolute Gasteiger partial charge is 0.0991 e. The molecule has 0 aromatic heterocycles. The van der Waals surface area contributed by atoms with Gasteiger partial charge in [0.2, 0.25) is 0 Å². The summed E-state index contributed by atoms with van der Waals surface area (Å²) in [5.41, 5.74) is 3.19. The molecule has 114 valence electrons. The summed E-state index contributed by atoms with van der Waals surface area (Å²) in [5.74, 6) is 12.5. The van der Waals surface area contributed by atoms with Crippen molar-refractivity contribution in [2.75, 3.05) is 0 Å². The lowest BCUT2D eigenvalue weighted by Crippen LogP contribution is -1.78. The molecule has 2 heteroatoms. The van der Waals surface area contributed by atoms with Gasteiger partial charge in [-0.2, -0.15) is 10.5 Å². The maximum absolute atomic E-state index is 8.73. The summed E-state index contributed by atoms with van der Waals surface area (Å²) < 4.78 is 0. The van der Waals surface area contributed by atoms with Gasteiger partial charge >= 0.3 is 0 Å². The Morgan fingerprint density at radius 1 is 0.542 bits per heavy atom. The van der Waals surface area contributed by atoms with Gasteiger partial charge in [-0.15, -0.1) is 0 Å². The standard InChI is InChI=1S/C22H16N2/c23-17-21-13-9-19(10-14-21)7-5-3-1-2-4-6-8-20-11-15-22(18-24)16-12-20/h9-16H,1-4H2.